The van der Waals surface area contributed by atoms with Gasteiger partial charge in [-0.05, 0) is 30.7 Å². The molecular weight excluding hydrogens is 260 g/mol. The van der Waals surface area contributed by atoms with Crippen molar-refractivity contribution in [3.05, 3.63) is 35.7 Å². The Labute approximate surface area is 116 Å². The molecule has 106 valence electrons. The van der Waals surface area contributed by atoms with Crippen molar-refractivity contribution in [3.63, 3.8) is 0 Å². The fraction of sp³-hybridized carbons (Fsp3) is 0.357. The van der Waals surface area contributed by atoms with E-state index in [1.807, 2.05) is 6.92 Å². The number of aromatic nitrogens is 2. The molecule has 0 aliphatic carbocycles. The summed E-state index contributed by atoms with van der Waals surface area (Å²) in [6, 6.07) is 6.31. The summed E-state index contributed by atoms with van der Waals surface area (Å²) in [7, 11) is 0. The highest BCUT2D eigenvalue weighted by atomic mass is 16.5. The highest BCUT2D eigenvalue weighted by molar-refractivity contribution is 5.88. The molecule has 6 nitrogen and oxygen atoms in total. The average Bonchev–Trinajstić information content (AvgIpc) is 2.92. The van der Waals surface area contributed by atoms with E-state index in [1.54, 1.807) is 12.1 Å². The quantitative estimate of drug-likeness (QED) is 0.781. The zero-order valence-electron chi connectivity index (χ0n) is 11.2. The first-order chi connectivity index (χ1) is 9.70. The van der Waals surface area contributed by atoms with Gasteiger partial charge in [0, 0.05) is 18.6 Å². The zero-order chi connectivity index (χ0) is 14.4. The first-order valence-electron chi connectivity index (χ1n) is 6.44. The van der Waals surface area contributed by atoms with Crippen LogP contribution in [0, 0.1) is 0 Å². The minimum atomic E-state index is -0.962. The number of carboxylic acid groups (broad SMARTS) is 1. The predicted molar refractivity (Wildman–Crippen MR) is 71.5 cm³/mol. The number of nitrogens with zero attached hydrogens (tertiary/aromatic N) is 2. The van der Waals surface area contributed by atoms with Crippen LogP contribution in [-0.4, -0.2) is 34.5 Å². The topological polar surface area (TPSA) is 85.5 Å². The molecule has 1 aromatic carbocycles. The Bertz CT molecular complexity index is 563. The molecule has 0 atom stereocenters. The highest BCUT2D eigenvalue weighted by Crippen LogP contribution is 2.18. The number of aromatic carboxylic acids is 1. The average molecular weight is 276 g/mol. The van der Waals surface area contributed by atoms with Gasteiger partial charge in [-0.3, -0.25) is 0 Å². The maximum atomic E-state index is 10.8. The molecule has 0 amide bonds. The molecule has 0 aliphatic heterocycles. The second kappa shape index (κ2) is 6.81. The minimum absolute atomic E-state index is 0.224. The van der Waals surface area contributed by atoms with Crippen LogP contribution in [0.15, 0.2) is 28.7 Å². The third-order valence-electron chi connectivity index (χ3n) is 2.65. The Kier molecular flexibility index (Phi) is 4.84. The Balaban J connectivity index is 1.99. The lowest BCUT2D eigenvalue weighted by atomic mass is 10.1. The molecule has 0 saturated carbocycles. The van der Waals surface area contributed by atoms with Crippen LogP contribution in [0.1, 0.15) is 29.6 Å². The van der Waals surface area contributed by atoms with E-state index < -0.39 is 5.97 Å². The van der Waals surface area contributed by atoms with E-state index in [0.29, 0.717) is 30.4 Å². The largest absolute Gasteiger partial charge is 0.478 e. The Morgan fingerprint density at radius 1 is 1.25 bits per heavy atom. The molecule has 0 fully saturated rings. The molecule has 0 radical (unpaired) electrons. The van der Waals surface area contributed by atoms with Gasteiger partial charge in [0.05, 0.1) is 12.2 Å². The summed E-state index contributed by atoms with van der Waals surface area (Å²) in [5.74, 6) is -0.0679. The Morgan fingerprint density at radius 3 is 2.65 bits per heavy atom. The van der Waals surface area contributed by atoms with Gasteiger partial charge in [0.1, 0.15) is 0 Å². The van der Waals surface area contributed by atoms with Crippen LogP contribution < -0.4 is 0 Å². The third-order valence-corrected chi connectivity index (χ3v) is 2.65. The first-order valence-corrected chi connectivity index (χ1v) is 6.44. The molecule has 0 saturated heterocycles. The summed E-state index contributed by atoms with van der Waals surface area (Å²) in [5, 5.41) is 16.7. The van der Waals surface area contributed by atoms with Gasteiger partial charge in [-0.2, -0.15) is 0 Å². The van der Waals surface area contributed by atoms with E-state index in [0.717, 1.165) is 13.0 Å². The maximum absolute atomic E-state index is 10.8. The van der Waals surface area contributed by atoms with Gasteiger partial charge in [0.2, 0.25) is 11.8 Å². The second-order valence-corrected chi connectivity index (χ2v) is 4.25. The Morgan fingerprint density at radius 2 is 2.00 bits per heavy atom. The fourth-order valence-electron chi connectivity index (χ4n) is 1.63. The SMILES string of the molecule is CCCOCCc1nnc(-c2ccc(C(=O)O)cc2)o1. The van der Waals surface area contributed by atoms with Crippen LogP contribution >= 0.6 is 0 Å². The molecule has 0 bridgehead atoms. The summed E-state index contributed by atoms with van der Waals surface area (Å²) in [4.78, 5) is 10.8. The van der Waals surface area contributed by atoms with Crippen molar-refractivity contribution in [2.45, 2.75) is 19.8 Å². The van der Waals surface area contributed by atoms with Gasteiger partial charge >= 0.3 is 5.97 Å². The molecule has 2 rings (SSSR count). The number of rotatable bonds is 7. The van der Waals surface area contributed by atoms with Gasteiger partial charge in [-0.1, -0.05) is 6.92 Å². The van der Waals surface area contributed by atoms with Crippen LogP contribution in [0.5, 0.6) is 0 Å². The summed E-state index contributed by atoms with van der Waals surface area (Å²) in [6.07, 6.45) is 1.55. The lowest BCUT2D eigenvalue weighted by Gasteiger charge is -1.98. The van der Waals surface area contributed by atoms with Crippen LogP contribution in [-0.2, 0) is 11.2 Å². The predicted octanol–water partition coefficient (Wildman–Crippen LogP) is 2.40. The van der Waals surface area contributed by atoms with E-state index in [2.05, 4.69) is 10.2 Å². The number of carbonyl (C=O) groups is 1. The summed E-state index contributed by atoms with van der Waals surface area (Å²) >= 11 is 0. The first kappa shape index (κ1) is 14.2. The normalized spacial score (nSPS) is 10.7. The van der Waals surface area contributed by atoms with Crippen molar-refractivity contribution in [2.24, 2.45) is 0 Å². The van der Waals surface area contributed by atoms with Gasteiger partial charge in [0.25, 0.3) is 0 Å². The molecule has 2 aromatic rings. The van der Waals surface area contributed by atoms with Crippen molar-refractivity contribution in [1.29, 1.82) is 0 Å². The van der Waals surface area contributed by atoms with Crippen molar-refractivity contribution in [2.75, 3.05) is 13.2 Å². The number of hydrogen-bond donors (Lipinski definition) is 1. The van der Waals surface area contributed by atoms with Crippen molar-refractivity contribution in [3.8, 4) is 11.5 Å². The van der Waals surface area contributed by atoms with Gasteiger partial charge in [0.15, 0.2) is 0 Å². The summed E-state index contributed by atoms with van der Waals surface area (Å²) in [6.45, 7) is 3.32. The lowest BCUT2D eigenvalue weighted by molar-refractivity contribution is 0.0697. The number of ether oxygens (including phenoxy) is 1. The van der Waals surface area contributed by atoms with Crippen LogP contribution in [0.2, 0.25) is 0 Å². The lowest BCUT2D eigenvalue weighted by Crippen LogP contribution is -1.99. The van der Waals surface area contributed by atoms with Gasteiger partial charge < -0.3 is 14.3 Å². The van der Waals surface area contributed by atoms with Gasteiger partial charge in [-0.15, -0.1) is 10.2 Å². The van der Waals surface area contributed by atoms with Crippen LogP contribution in [0.25, 0.3) is 11.5 Å². The number of hydrogen-bond acceptors (Lipinski definition) is 5. The third kappa shape index (κ3) is 3.64. The number of carboxylic acids is 1. The van der Waals surface area contributed by atoms with Crippen molar-refractivity contribution in [1.82, 2.24) is 10.2 Å². The molecule has 0 spiro atoms. The highest BCUT2D eigenvalue weighted by Gasteiger charge is 2.09. The molecule has 1 N–H and O–H groups in total. The molecule has 20 heavy (non-hydrogen) atoms. The van der Waals surface area contributed by atoms with Crippen molar-refractivity contribution >= 4 is 5.97 Å². The molecular formula is C14H16N2O4. The monoisotopic (exact) mass is 276 g/mol. The maximum Gasteiger partial charge on any atom is 0.335 e. The van der Waals surface area contributed by atoms with E-state index >= 15 is 0 Å². The van der Waals surface area contributed by atoms with Crippen molar-refractivity contribution < 1.29 is 19.1 Å². The zero-order valence-corrected chi connectivity index (χ0v) is 11.2. The smallest absolute Gasteiger partial charge is 0.335 e. The summed E-state index contributed by atoms with van der Waals surface area (Å²) < 4.78 is 10.9. The molecule has 1 heterocycles. The minimum Gasteiger partial charge on any atom is -0.478 e. The summed E-state index contributed by atoms with van der Waals surface area (Å²) in [5.41, 5.74) is 0.921. The van der Waals surface area contributed by atoms with Crippen LogP contribution in [0.3, 0.4) is 0 Å². The van der Waals surface area contributed by atoms with E-state index in [-0.39, 0.29) is 5.56 Å². The van der Waals surface area contributed by atoms with E-state index in [4.69, 9.17) is 14.3 Å². The molecule has 6 heteroatoms. The fourth-order valence-corrected chi connectivity index (χ4v) is 1.63. The van der Waals surface area contributed by atoms with Crippen LogP contribution in [0.4, 0.5) is 0 Å². The van der Waals surface area contributed by atoms with E-state index in [9.17, 15) is 4.79 Å². The molecule has 0 unspecified atom stereocenters. The number of benzene rings is 1. The second-order valence-electron chi connectivity index (χ2n) is 4.25. The standard InChI is InChI=1S/C14H16N2O4/c1-2-8-19-9-7-12-15-16-13(20-12)10-3-5-11(6-4-10)14(17)18/h3-6H,2,7-9H2,1H3,(H,17,18). The Hall–Kier alpha value is -2.21. The van der Waals surface area contributed by atoms with E-state index in [1.165, 1.54) is 12.1 Å². The molecule has 1 aromatic heterocycles. The van der Waals surface area contributed by atoms with Gasteiger partial charge in [-0.25, -0.2) is 4.79 Å². The molecule has 0 aliphatic rings.